The van der Waals surface area contributed by atoms with Crippen LogP contribution in [0.25, 0.3) is 0 Å². The van der Waals surface area contributed by atoms with E-state index < -0.39 is 6.10 Å². The second-order valence-electron chi connectivity index (χ2n) is 4.87. The van der Waals surface area contributed by atoms with E-state index in [0.29, 0.717) is 11.4 Å². The molecular formula is C16H18ClNO2. The molecule has 0 aliphatic rings. The maximum atomic E-state index is 10.1. The van der Waals surface area contributed by atoms with Crippen LogP contribution in [0.5, 0.6) is 5.75 Å². The number of hydrogen-bond acceptors (Lipinski definition) is 3. The summed E-state index contributed by atoms with van der Waals surface area (Å²) in [6.07, 6.45) is -0.713. The molecule has 0 spiro atoms. The summed E-state index contributed by atoms with van der Waals surface area (Å²) >= 11 is 6.11. The SMILES string of the molecule is Cc1cc(OCC(O)c2cccc(N)c2)cc(C)c1Cl. The number of aryl methyl sites for hydroxylation is 2. The Kier molecular flexibility index (Phi) is 4.53. The fourth-order valence-electron chi connectivity index (χ4n) is 2.03. The van der Waals surface area contributed by atoms with Crippen LogP contribution < -0.4 is 10.5 Å². The number of aliphatic hydroxyl groups excluding tert-OH is 1. The Hall–Kier alpha value is -1.71. The minimum Gasteiger partial charge on any atom is -0.491 e. The van der Waals surface area contributed by atoms with E-state index in [4.69, 9.17) is 22.1 Å². The summed E-state index contributed by atoms with van der Waals surface area (Å²) in [5, 5.41) is 10.8. The van der Waals surface area contributed by atoms with Gasteiger partial charge in [-0.3, -0.25) is 0 Å². The van der Waals surface area contributed by atoms with Crippen molar-refractivity contribution in [3.8, 4) is 5.75 Å². The van der Waals surface area contributed by atoms with Crippen LogP contribution in [0.2, 0.25) is 5.02 Å². The van der Waals surface area contributed by atoms with Crippen LogP contribution in [0.1, 0.15) is 22.8 Å². The Morgan fingerprint density at radius 2 is 1.85 bits per heavy atom. The maximum absolute atomic E-state index is 10.1. The predicted octanol–water partition coefficient (Wildman–Crippen LogP) is 3.65. The first-order valence-electron chi connectivity index (χ1n) is 6.40. The fraction of sp³-hybridized carbons (Fsp3) is 0.250. The van der Waals surface area contributed by atoms with Crippen molar-refractivity contribution < 1.29 is 9.84 Å². The van der Waals surface area contributed by atoms with Crippen molar-refractivity contribution in [2.45, 2.75) is 20.0 Å². The molecule has 1 unspecified atom stereocenters. The Labute approximate surface area is 123 Å². The average Bonchev–Trinajstić information content (AvgIpc) is 2.42. The van der Waals surface area contributed by atoms with Gasteiger partial charge in [-0.15, -0.1) is 0 Å². The van der Waals surface area contributed by atoms with Gasteiger partial charge in [0.25, 0.3) is 0 Å². The van der Waals surface area contributed by atoms with Gasteiger partial charge in [0.15, 0.2) is 0 Å². The van der Waals surface area contributed by atoms with Gasteiger partial charge in [-0.1, -0.05) is 23.7 Å². The highest BCUT2D eigenvalue weighted by molar-refractivity contribution is 6.32. The summed E-state index contributed by atoms with van der Waals surface area (Å²) in [7, 11) is 0. The fourth-order valence-corrected chi connectivity index (χ4v) is 2.14. The highest BCUT2D eigenvalue weighted by Gasteiger charge is 2.10. The molecule has 20 heavy (non-hydrogen) atoms. The molecule has 0 fully saturated rings. The molecule has 2 aromatic carbocycles. The van der Waals surface area contributed by atoms with Gasteiger partial charge in [-0.25, -0.2) is 0 Å². The topological polar surface area (TPSA) is 55.5 Å². The number of rotatable bonds is 4. The highest BCUT2D eigenvalue weighted by atomic mass is 35.5. The minimum absolute atomic E-state index is 0.171. The highest BCUT2D eigenvalue weighted by Crippen LogP contribution is 2.26. The number of benzene rings is 2. The summed E-state index contributed by atoms with van der Waals surface area (Å²) in [6.45, 7) is 4.02. The van der Waals surface area contributed by atoms with Gasteiger partial charge in [0.1, 0.15) is 18.5 Å². The van der Waals surface area contributed by atoms with Crippen LogP contribution >= 0.6 is 11.6 Å². The van der Waals surface area contributed by atoms with E-state index in [1.165, 1.54) is 0 Å². The third-order valence-corrected chi connectivity index (χ3v) is 3.71. The summed E-state index contributed by atoms with van der Waals surface area (Å²) < 4.78 is 5.63. The molecule has 1 atom stereocenters. The number of ether oxygens (including phenoxy) is 1. The van der Waals surface area contributed by atoms with Crippen molar-refractivity contribution >= 4 is 17.3 Å². The van der Waals surface area contributed by atoms with E-state index in [1.54, 1.807) is 12.1 Å². The summed E-state index contributed by atoms with van der Waals surface area (Å²) in [4.78, 5) is 0. The number of halogens is 1. The molecule has 0 saturated heterocycles. The molecule has 106 valence electrons. The Morgan fingerprint density at radius 3 is 2.45 bits per heavy atom. The zero-order valence-electron chi connectivity index (χ0n) is 11.6. The van der Waals surface area contributed by atoms with E-state index >= 15 is 0 Å². The zero-order chi connectivity index (χ0) is 14.7. The van der Waals surface area contributed by atoms with Crippen LogP contribution in [-0.2, 0) is 0 Å². The molecule has 0 aliphatic heterocycles. The number of hydrogen-bond donors (Lipinski definition) is 2. The van der Waals surface area contributed by atoms with Gasteiger partial charge < -0.3 is 15.6 Å². The van der Waals surface area contributed by atoms with Gasteiger partial charge in [0, 0.05) is 10.7 Å². The minimum atomic E-state index is -0.713. The first kappa shape index (κ1) is 14.7. The van der Waals surface area contributed by atoms with Crippen LogP contribution in [0.3, 0.4) is 0 Å². The van der Waals surface area contributed by atoms with Crippen molar-refractivity contribution in [3.63, 3.8) is 0 Å². The summed E-state index contributed by atoms with van der Waals surface area (Å²) in [6, 6.07) is 10.9. The third kappa shape index (κ3) is 3.44. The first-order valence-corrected chi connectivity index (χ1v) is 6.78. The van der Waals surface area contributed by atoms with Gasteiger partial charge in [0.2, 0.25) is 0 Å². The molecule has 2 aromatic rings. The van der Waals surface area contributed by atoms with E-state index in [9.17, 15) is 5.11 Å². The van der Waals surface area contributed by atoms with Gasteiger partial charge >= 0.3 is 0 Å². The quantitative estimate of drug-likeness (QED) is 0.846. The standard InChI is InChI=1S/C16H18ClNO2/c1-10-6-14(7-11(2)16(10)17)20-9-15(19)12-4-3-5-13(18)8-12/h3-8,15,19H,9,18H2,1-2H3. The number of anilines is 1. The van der Waals surface area contributed by atoms with E-state index in [-0.39, 0.29) is 6.61 Å². The van der Waals surface area contributed by atoms with Crippen molar-refractivity contribution in [2.75, 3.05) is 12.3 Å². The molecule has 2 rings (SSSR count). The lowest BCUT2D eigenvalue weighted by Gasteiger charge is -2.14. The first-order chi connectivity index (χ1) is 9.47. The molecule has 0 aliphatic carbocycles. The van der Waals surface area contributed by atoms with Crippen molar-refractivity contribution in [1.29, 1.82) is 0 Å². The number of nitrogens with two attached hydrogens (primary N) is 1. The molecule has 0 amide bonds. The van der Waals surface area contributed by atoms with Crippen molar-refractivity contribution in [3.05, 3.63) is 58.1 Å². The maximum Gasteiger partial charge on any atom is 0.120 e. The van der Waals surface area contributed by atoms with E-state index in [2.05, 4.69) is 0 Å². The second-order valence-corrected chi connectivity index (χ2v) is 5.25. The van der Waals surface area contributed by atoms with E-state index in [0.717, 1.165) is 21.7 Å². The van der Waals surface area contributed by atoms with Crippen molar-refractivity contribution in [1.82, 2.24) is 0 Å². The number of nitrogen functional groups attached to an aromatic ring is 1. The average molecular weight is 292 g/mol. The predicted molar refractivity (Wildman–Crippen MR) is 82.2 cm³/mol. The van der Waals surface area contributed by atoms with Crippen molar-refractivity contribution in [2.24, 2.45) is 0 Å². The Morgan fingerprint density at radius 1 is 1.20 bits per heavy atom. The van der Waals surface area contributed by atoms with Crippen LogP contribution in [0.15, 0.2) is 36.4 Å². The molecule has 0 bridgehead atoms. The van der Waals surface area contributed by atoms with Crippen LogP contribution in [-0.4, -0.2) is 11.7 Å². The molecule has 3 nitrogen and oxygen atoms in total. The normalized spacial score (nSPS) is 12.2. The smallest absolute Gasteiger partial charge is 0.120 e. The molecule has 0 aromatic heterocycles. The molecule has 0 saturated carbocycles. The lowest BCUT2D eigenvalue weighted by Crippen LogP contribution is -2.10. The Balaban J connectivity index is 2.05. The molecule has 0 radical (unpaired) electrons. The largest absolute Gasteiger partial charge is 0.491 e. The molecular weight excluding hydrogens is 274 g/mol. The van der Waals surface area contributed by atoms with Crippen LogP contribution in [0.4, 0.5) is 5.69 Å². The summed E-state index contributed by atoms with van der Waals surface area (Å²) in [5.74, 6) is 0.701. The lowest BCUT2D eigenvalue weighted by atomic mass is 10.1. The molecule has 0 heterocycles. The third-order valence-electron chi connectivity index (χ3n) is 3.11. The lowest BCUT2D eigenvalue weighted by molar-refractivity contribution is 0.108. The monoisotopic (exact) mass is 291 g/mol. The second kappa shape index (κ2) is 6.16. The molecule has 4 heteroatoms. The summed E-state index contributed by atoms with van der Waals surface area (Å²) in [5.41, 5.74) is 8.98. The van der Waals surface area contributed by atoms with Gasteiger partial charge in [-0.05, 0) is 54.8 Å². The van der Waals surface area contributed by atoms with Gasteiger partial charge in [0.05, 0.1) is 0 Å². The van der Waals surface area contributed by atoms with E-state index in [1.807, 2.05) is 38.1 Å². The molecule has 3 N–H and O–H groups in total. The number of aliphatic hydroxyl groups is 1. The van der Waals surface area contributed by atoms with Crippen LogP contribution in [0, 0.1) is 13.8 Å². The Bertz CT molecular complexity index is 590. The van der Waals surface area contributed by atoms with Gasteiger partial charge in [-0.2, -0.15) is 0 Å². The zero-order valence-corrected chi connectivity index (χ0v) is 12.3.